The standard InChI is InChI=1S/C17H36N4O.HI/c1-6-7-8-9-17(2,3)14-20-16(18-4)19-12-15-13-21(5)10-11-22-15;/h15H,6-14H2,1-5H3,(H2,18,19,20);1H. The molecule has 0 bridgehead atoms. The molecule has 1 unspecified atom stereocenters. The highest BCUT2D eigenvalue weighted by Crippen LogP contribution is 2.22. The maximum Gasteiger partial charge on any atom is 0.191 e. The number of hydrogen-bond acceptors (Lipinski definition) is 3. The molecule has 1 aliphatic rings. The fraction of sp³-hybridized carbons (Fsp3) is 0.941. The van der Waals surface area contributed by atoms with Crippen LogP contribution < -0.4 is 10.6 Å². The summed E-state index contributed by atoms with van der Waals surface area (Å²) < 4.78 is 5.77. The molecule has 6 heteroatoms. The molecule has 1 rings (SSSR count). The smallest absolute Gasteiger partial charge is 0.191 e. The summed E-state index contributed by atoms with van der Waals surface area (Å²) in [5, 5.41) is 6.84. The molecule has 0 aromatic heterocycles. The minimum absolute atomic E-state index is 0. The first-order valence-electron chi connectivity index (χ1n) is 8.71. The number of halogens is 1. The van der Waals surface area contributed by atoms with E-state index < -0.39 is 0 Å². The van der Waals surface area contributed by atoms with Crippen molar-refractivity contribution >= 4 is 29.9 Å². The largest absolute Gasteiger partial charge is 0.374 e. The van der Waals surface area contributed by atoms with Crippen molar-refractivity contribution < 1.29 is 4.74 Å². The van der Waals surface area contributed by atoms with Crippen LogP contribution in [0.15, 0.2) is 4.99 Å². The minimum Gasteiger partial charge on any atom is -0.374 e. The van der Waals surface area contributed by atoms with Crippen molar-refractivity contribution in [1.29, 1.82) is 0 Å². The molecule has 1 heterocycles. The van der Waals surface area contributed by atoms with E-state index >= 15 is 0 Å². The number of rotatable bonds is 8. The summed E-state index contributed by atoms with van der Waals surface area (Å²) in [5.74, 6) is 0.875. The number of nitrogens with zero attached hydrogens (tertiary/aromatic N) is 2. The number of aliphatic imine (C=N–C) groups is 1. The van der Waals surface area contributed by atoms with Crippen LogP contribution in [0.3, 0.4) is 0 Å². The summed E-state index contributed by atoms with van der Waals surface area (Å²) in [6.07, 6.45) is 5.40. The number of unbranched alkanes of at least 4 members (excludes halogenated alkanes) is 2. The Morgan fingerprint density at radius 1 is 1.30 bits per heavy atom. The van der Waals surface area contributed by atoms with Gasteiger partial charge in [-0.05, 0) is 18.9 Å². The fourth-order valence-corrected chi connectivity index (χ4v) is 2.69. The van der Waals surface area contributed by atoms with Gasteiger partial charge in [0.15, 0.2) is 5.96 Å². The van der Waals surface area contributed by atoms with Gasteiger partial charge in [-0.3, -0.25) is 4.99 Å². The van der Waals surface area contributed by atoms with E-state index in [1.54, 1.807) is 0 Å². The highest BCUT2D eigenvalue weighted by Gasteiger charge is 2.20. The summed E-state index contributed by atoms with van der Waals surface area (Å²) >= 11 is 0. The molecule has 0 amide bonds. The van der Waals surface area contributed by atoms with Crippen LogP contribution in [0.4, 0.5) is 0 Å². The van der Waals surface area contributed by atoms with Crippen molar-refractivity contribution in [3.8, 4) is 0 Å². The molecule has 0 aromatic carbocycles. The first-order valence-corrected chi connectivity index (χ1v) is 8.71. The van der Waals surface area contributed by atoms with Crippen molar-refractivity contribution in [2.45, 2.75) is 52.6 Å². The number of nitrogens with one attached hydrogen (secondary N) is 2. The zero-order chi connectivity index (χ0) is 16.4. The quantitative estimate of drug-likeness (QED) is 0.264. The van der Waals surface area contributed by atoms with Gasteiger partial charge >= 0.3 is 0 Å². The third kappa shape index (κ3) is 10.4. The Balaban J connectivity index is 0.00000484. The number of morpholine rings is 1. The minimum atomic E-state index is 0. The zero-order valence-electron chi connectivity index (χ0n) is 15.7. The van der Waals surface area contributed by atoms with Crippen LogP contribution >= 0.6 is 24.0 Å². The van der Waals surface area contributed by atoms with Gasteiger partial charge in [0.25, 0.3) is 0 Å². The molecule has 23 heavy (non-hydrogen) atoms. The second-order valence-corrected chi connectivity index (χ2v) is 7.18. The van der Waals surface area contributed by atoms with Crippen molar-refractivity contribution in [1.82, 2.24) is 15.5 Å². The lowest BCUT2D eigenvalue weighted by Gasteiger charge is -2.31. The number of likely N-dealkylation sites (N-methyl/N-ethyl adjacent to an activating group) is 1. The predicted molar refractivity (Wildman–Crippen MR) is 110 cm³/mol. The van der Waals surface area contributed by atoms with Gasteiger partial charge in [-0.2, -0.15) is 0 Å². The van der Waals surface area contributed by atoms with E-state index in [1.807, 2.05) is 7.05 Å². The molecule has 2 N–H and O–H groups in total. The van der Waals surface area contributed by atoms with Gasteiger partial charge in [0.2, 0.25) is 0 Å². The van der Waals surface area contributed by atoms with E-state index in [9.17, 15) is 0 Å². The van der Waals surface area contributed by atoms with Crippen LogP contribution in [0.5, 0.6) is 0 Å². The lowest BCUT2D eigenvalue weighted by Crippen LogP contribution is -2.49. The maximum absolute atomic E-state index is 5.77. The van der Waals surface area contributed by atoms with Crippen molar-refractivity contribution in [2.24, 2.45) is 10.4 Å². The molecule has 1 aliphatic heterocycles. The second-order valence-electron chi connectivity index (χ2n) is 7.18. The van der Waals surface area contributed by atoms with Gasteiger partial charge in [-0.15, -0.1) is 24.0 Å². The molecule has 5 nitrogen and oxygen atoms in total. The molecule has 1 fully saturated rings. The molecule has 0 saturated carbocycles. The molecule has 0 spiro atoms. The number of guanidine groups is 1. The van der Waals surface area contributed by atoms with E-state index in [1.165, 1.54) is 25.7 Å². The van der Waals surface area contributed by atoms with Crippen LogP contribution in [0.1, 0.15) is 46.5 Å². The lowest BCUT2D eigenvalue weighted by molar-refractivity contribution is -0.0161. The van der Waals surface area contributed by atoms with Crippen molar-refractivity contribution in [2.75, 3.05) is 46.9 Å². The SMILES string of the molecule is CCCCCC(C)(C)CNC(=NC)NCC1CN(C)CCO1.I. The van der Waals surface area contributed by atoms with Crippen molar-refractivity contribution in [3.05, 3.63) is 0 Å². The van der Waals surface area contributed by atoms with Crippen LogP contribution in [-0.2, 0) is 4.74 Å². The Morgan fingerprint density at radius 2 is 2.04 bits per heavy atom. The van der Waals surface area contributed by atoms with E-state index in [4.69, 9.17) is 4.74 Å². The third-order valence-corrected chi connectivity index (χ3v) is 4.25. The first-order chi connectivity index (χ1) is 10.5. The van der Waals surface area contributed by atoms with Gasteiger partial charge in [-0.1, -0.05) is 40.0 Å². The van der Waals surface area contributed by atoms with E-state index in [0.717, 1.165) is 38.7 Å². The van der Waals surface area contributed by atoms with E-state index in [0.29, 0.717) is 5.41 Å². The predicted octanol–water partition coefficient (Wildman–Crippen LogP) is 2.71. The fourth-order valence-electron chi connectivity index (χ4n) is 2.69. The van der Waals surface area contributed by atoms with Crippen LogP contribution in [-0.4, -0.2) is 63.8 Å². The van der Waals surface area contributed by atoms with Gasteiger partial charge in [0.1, 0.15) is 0 Å². The Morgan fingerprint density at radius 3 is 2.65 bits per heavy atom. The Hall–Kier alpha value is -0.0800. The number of ether oxygens (including phenoxy) is 1. The normalized spacial score (nSPS) is 20.0. The zero-order valence-corrected chi connectivity index (χ0v) is 18.0. The summed E-state index contributed by atoms with van der Waals surface area (Å²) in [6, 6.07) is 0. The molecule has 0 radical (unpaired) electrons. The maximum atomic E-state index is 5.77. The van der Waals surface area contributed by atoms with Gasteiger partial charge < -0.3 is 20.3 Å². The summed E-state index contributed by atoms with van der Waals surface area (Å²) in [7, 11) is 3.97. The van der Waals surface area contributed by atoms with Crippen LogP contribution in [0.25, 0.3) is 0 Å². The monoisotopic (exact) mass is 440 g/mol. The van der Waals surface area contributed by atoms with E-state index in [-0.39, 0.29) is 30.1 Å². The first kappa shape index (κ1) is 22.9. The highest BCUT2D eigenvalue weighted by molar-refractivity contribution is 14.0. The third-order valence-electron chi connectivity index (χ3n) is 4.25. The molecule has 1 saturated heterocycles. The summed E-state index contributed by atoms with van der Waals surface area (Å²) in [5.41, 5.74) is 0.300. The molecular formula is C17H37IN4O. The van der Waals surface area contributed by atoms with Crippen molar-refractivity contribution in [3.63, 3.8) is 0 Å². The van der Waals surface area contributed by atoms with Crippen LogP contribution in [0, 0.1) is 5.41 Å². The van der Waals surface area contributed by atoms with E-state index in [2.05, 4.69) is 48.3 Å². The van der Waals surface area contributed by atoms with Gasteiger partial charge in [-0.25, -0.2) is 0 Å². The Labute approximate surface area is 160 Å². The highest BCUT2D eigenvalue weighted by atomic mass is 127. The summed E-state index contributed by atoms with van der Waals surface area (Å²) in [6.45, 7) is 11.5. The van der Waals surface area contributed by atoms with Gasteiger partial charge in [0.05, 0.1) is 12.7 Å². The lowest BCUT2D eigenvalue weighted by atomic mass is 9.87. The topological polar surface area (TPSA) is 48.9 Å². The molecule has 0 aliphatic carbocycles. The molecular weight excluding hydrogens is 403 g/mol. The molecule has 138 valence electrons. The average molecular weight is 440 g/mol. The van der Waals surface area contributed by atoms with Gasteiger partial charge in [0, 0.05) is 33.2 Å². The molecule has 1 atom stereocenters. The number of hydrogen-bond donors (Lipinski definition) is 2. The molecule has 0 aromatic rings. The second kappa shape index (κ2) is 12.3. The van der Waals surface area contributed by atoms with Crippen LogP contribution in [0.2, 0.25) is 0 Å². The Bertz CT molecular complexity index is 337. The Kier molecular flexibility index (Phi) is 12.3. The summed E-state index contributed by atoms with van der Waals surface area (Å²) in [4.78, 5) is 6.62. The average Bonchev–Trinajstić information content (AvgIpc) is 2.47.